The first-order valence-electron chi connectivity index (χ1n) is 6.81. The molecule has 0 N–H and O–H groups in total. The number of halogens is 3. The summed E-state index contributed by atoms with van der Waals surface area (Å²) in [7, 11) is 1.97. The highest BCUT2D eigenvalue weighted by atomic mass is 35.5. The van der Waals surface area contributed by atoms with Crippen molar-refractivity contribution in [3.63, 3.8) is 0 Å². The maximum atomic E-state index is 12.1. The molecule has 0 aliphatic carbocycles. The van der Waals surface area contributed by atoms with E-state index in [2.05, 4.69) is 4.74 Å². The van der Waals surface area contributed by atoms with E-state index in [0.29, 0.717) is 11.4 Å². The number of aromatic nitrogens is 1. The highest BCUT2D eigenvalue weighted by molar-refractivity contribution is 6.35. The zero-order valence-corrected chi connectivity index (χ0v) is 12.6. The predicted molar refractivity (Wildman–Crippen MR) is 83.8 cm³/mol. The van der Waals surface area contributed by atoms with Crippen LogP contribution in [0.3, 0.4) is 0 Å². The lowest BCUT2D eigenvalue weighted by Gasteiger charge is -2.06. The van der Waals surface area contributed by atoms with Crippen molar-refractivity contribution in [2.24, 2.45) is 7.05 Å². The van der Waals surface area contributed by atoms with Gasteiger partial charge in [-0.2, -0.15) is 8.78 Å². The van der Waals surface area contributed by atoms with Gasteiger partial charge in [0.1, 0.15) is 5.75 Å². The quantitative estimate of drug-likeness (QED) is 0.658. The van der Waals surface area contributed by atoms with E-state index in [1.54, 1.807) is 24.3 Å². The van der Waals surface area contributed by atoms with Crippen molar-refractivity contribution < 1.29 is 13.5 Å². The van der Waals surface area contributed by atoms with E-state index in [-0.39, 0.29) is 5.75 Å². The maximum absolute atomic E-state index is 12.1. The van der Waals surface area contributed by atoms with Gasteiger partial charge in [-0.15, -0.1) is 0 Å². The zero-order valence-electron chi connectivity index (χ0n) is 11.9. The first-order chi connectivity index (χ1) is 10.5. The van der Waals surface area contributed by atoms with Crippen LogP contribution in [-0.4, -0.2) is 11.2 Å². The topological polar surface area (TPSA) is 14.2 Å². The minimum atomic E-state index is -2.80. The lowest BCUT2D eigenvalue weighted by atomic mass is 10.0. The van der Waals surface area contributed by atoms with Crippen LogP contribution in [0.25, 0.3) is 10.9 Å². The van der Waals surface area contributed by atoms with Gasteiger partial charge in [-0.05, 0) is 41.8 Å². The number of hydrogen-bond donors (Lipinski definition) is 0. The zero-order chi connectivity index (χ0) is 15.7. The Morgan fingerprint density at radius 3 is 2.55 bits per heavy atom. The number of benzene rings is 2. The fraction of sp³-hybridized carbons (Fsp3) is 0.176. The SMILES string of the molecule is Cn1cc(Cc2ccc(OC(F)F)cc2)c2c(Cl)cccc21. The third-order valence-corrected chi connectivity index (χ3v) is 3.90. The fourth-order valence-corrected chi connectivity index (χ4v) is 2.93. The van der Waals surface area contributed by atoms with E-state index in [9.17, 15) is 8.78 Å². The normalized spacial score (nSPS) is 11.3. The molecule has 3 rings (SSSR count). The van der Waals surface area contributed by atoms with Crippen molar-refractivity contribution in [1.29, 1.82) is 0 Å². The summed E-state index contributed by atoms with van der Waals surface area (Å²) in [6, 6.07) is 12.5. The van der Waals surface area contributed by atoms with Crippen molar-refractivity contribution in [2.75, 3.05) is 0 Å². The molecule has 0 amide bonds. The average Bonchev–Trinajstić information content (AvgIpc) is 2.78. The Morgan fingerprint density at radius 1 is 1.14 bits per heavy atom. The summed E-state index contributed by atoms with van der Waals surface area (Å²) in [6.07, 6.45) is 2.72. The fourth-order valence-electron chi connectivity index (χ4n) is 2.64. The minimum absolute atomic E-state index is 0.162. The van der Waals surface area contributed by atoms with E-state index in [1.807, 2.05) is 36.0 Å². The van der Waals surface area contributed by atoms with Gasteiger partial charge in [-0.3, -0.25) is 0 Å². The monoisotopic (exact) mass is 321 g/mol. The van der Waals surface area contributed by atoms with Crippen LogP contribution in [0.1, 0.15) is 11.1 Å². The van der Waals surface area contributed by atoms with E-state index in [0.717, 1.165) is 22.0 Å². The molecule has 1 aromatic heterocycles. The van der Waals surface area contributed by atoms with Crippen LogP contribution in [0.15, 0.2) is 48.7 Å². The van der Waals surface area contributed by atoms with Gasteiger partial charge in [0.25, 0.3) is 0 Å². The number of rotatable bonds is 4. The van der Waals surface area contributed by atoms with Crippen LogP contribution < -0.4 is 4.74 Å². The lowest BCUT2D eigenvalue weighted by molar-refractivity contribution is -0.0498. The summed E-state index contributed by atoms with van der Waals surface area (Å²) in [5.41, 5.74) is 3.18. The summed E-state index contributed by atoms with van der Waals surface area (Å²) in [5.74, 6) is 0.162. The van der Waals surface area contributed by atoms with E-state index < -0.39 is 6.61 Å². The number of ether oxygens (including phenoxy) is 1. The Kier molecular flexibility index (Phi) is 4.03. The standard InChI is InChI=1S/C17H14ClF2NO/c1-21-10-12(16-14(18)3-2-4-15(16)21)9-11-5-7-13(8-6-11)22-17(19)20/h2-8,10,17H,9H2,1H3. The van der Waals surface area contributed by atoms with Gasteiger partial charge in [0.15, 0.2) is 0 Å². The Bertz CT molecular complexity index is 796. The van der Waals surface area contributed by atoms with Gasteiger partial charge < -0.3 is 9.30 Å². The first-order valence-corrected chi connectivity index (χ1v) is 7.18. The molecule has 22 heavy (non-hydrogen) atoms. The second kappa shape index (κ2) is 5.97. The largest absolute Gasteiger partial charge is 0.435 e. The van der Waals surface area contributed by atoms with E-state index >= 15 is 0 Å². The number of nitrogens with zero attached hydrogens (tertiary/aromatic N) is 1. The molecule has 1 heterocycles. The van der Waals surface area contributed by atoms with Crippen molar-refractivity contribution in [3.8, 4) is 5.75 Å². The molecule has 0 aliphatic rings. The predicted octanol–water partition coefficient (Wildman–Crippen LogP) is 5.02. The van der Waals surface area contributed by atoms with Gasteiger partial charge in [0.05, 0.1) is 5.02 Å². The highest BCUT2D eigenvalue weighted by Gasteiger charge is 2.11. The summed E-state index contributed by atoms with van der Waals surface area (Å²) in [6.45, 7) is -2.80. The maximum Gasteiger partial charge on any atom is 0.387 e. The molecule has 5 heteroatoms. The number of alkyl halides is 2. The molecule has 0 radical (unpaired) electrons. The number of hydrogen-bond acceptors (Lipinski definition) is 1. The minimum Gasteiger partial charge on any atom is -0.435 e. The molecule has 0 atom stereocenters. The van der Waals surface area contributed by atoms with Gasteiger partial charge >= 0.3 is 6.61 Å². The van der Waals surface area contributed by atoms with Gasteiger partial charge in [0, 0.05) is 24.1 Å². The van der Waals surface area contributed by atoms with Gasteiger partial charge in [-0.25, -0.2) is 0 Å². The Balaban J connectivity index is 1.90. The molecule has 0 spiro atoms. The van der Waals surface area contributed by atoms with Crippen molar-refractivity contribution in [2.45, 2.75) is 13.0 Å². The van der Waals surface area contributed by atoms with E-state index in [4.69, 9.17) is 11.6 Å². The van der Waals surface area contributed by atoms with Crippen LogP contribution in [-0.2, 0) is 13.5 Å². The molecule has 3 aromatic rings. The number of aryl methyl sites for hydroxylation is 1. The highest BCUT2D eigenvalue weighted by Crippen LogP contribution is 2.30. The molecule has 2 aromatic carbocycles. The van der Waals surface area contributed by atoms with Crippen LogP contribution >= 0.6 is 11.6 Å². The Labute approximate surface area is 131 Å². The smallest absolute Gasteiger partial charge is 0.387 e. The van der Waals surface area contributed by atoms with Crippen LogP contribution in [0.5, 0.6) is 5.75 Å². The van der Waals surface area contributed by atoms with Crippen molar-refractivity contribution in [1.82, 2.24) is 4.57 Å². The third-order valence-electron chi connectivity index (χ3n) is 3.59. The molecular weight excluding hydrogens is 308 g/mol. The second-order valence-electron chi connectivity index (χ2n) is 5.10. The third kappa shape index (κ3) is 2.92. The summed E-state index contributed by atoms with van der Waals surface area (Å²) < 4.78 is 30.7. The summed E-state index contributed by atoms with van der Waals surface area (Å²) >= 11 is 6.31. The molecule has 0 saturated heterocycles. The lowest BCUT2D eigenvalue weighted by Crippen LogP contribution is -2.01. The van der Waals surface area contributed by atoms with E-state index in [1.165, 1.54) is 0 Å². The Hall–Kier alpha value is -2.07. The average molecular weight is 322 g/mol. The molecule has 0 saturated carbocycles. The Morgan fingerprint density at radius 2 is 1.86 bits per heavy atom. The van der Waals surface area contributed by atoms with Gasteiger partial charge in [0.2, 0.25) is 0 Å². The van der Waals surface area contributed by atoms with Crippen molar-refractivity contribution in [3.05, 3.63) is 64.8 Å². The molecule has 0 bridgehead atoms. The molecule has 2 nitrogen and oxygen atoms in total. The molecule has 0 aliphatic heterocycles. The molecule has 0 fully saturated rings. The van der Waals surface area contributed by atoms with Crippen LogP contribution in [0, 0.1) is 0 Å². The van der Waals surface area contributed by atoms with Crippen LogP contribution in [0.2, 0.25) is 5.02 Å². The summed E-state index contributed by atoms with van der Waals surface area (Å²) in [4.78, 5) is 0. The molecular formula is C17H14ClF2NO. The summed E-state index contributed by atoms with van der Waals surface area (Å²) in [5, 5.41) is 1.74. The molecule has 114 valence electrons. The molecule has 0 unspecified atom stereocenters. The number of fused-ring (bicyclic) bond motifs is 1. The van der Waals surface area contributed by atoms with Gasteiger partial charge in [-0.1, -0.05) is 29.8 Å². The second-order valence-corrected chi connectivity index (χ2v) is 5.51. The first kappa shape index (κ1) is 14.9. The van der Waals surface area contributed by atoms with Crippen molar-refractivity contribution >= 4 is 22.5 Å². The van der Waals surface area contributed by atoms with Crippen LogP contribution in [0.4, 0.5) is 8.78 Å².